The van der Waals surface area contributed by atoms with E-state index in [9.17, 15) is 14.4 Å². The van der Waals surface area contributed by atoms with E-state index in [1.165, 1.54) is 19.1 Å². The third-order valence-corrected chi connectivity index (χ3v) is 12.9. The van der Waals surface area contributed by atoms with Gasteiger partial charge in [0.25, 0.3) is 0 Å². The Balaban J connectivity index is 0.000000330. The zero-order valence-corrected chi connectivity index (χ0v) is 41.5. The Kier molecular flexibility index (Phi) is 22.3. The minimum absolute atomic E-state index is 0. The molecule has 59 heavy (non-hydrogen) atoms. The first-order valence-electron chi connectivity index (χ1n) is 17.4. The maximum absolute atomic E-state index is 12.0. The second-order valence-electron chi connectivity index (χ2n) is 13.3. The molecule has 2 N–H and O–H groups in total. The molecular weight excluding hydrogens is 1070 g/mol. The van der Waals surface area contributed by atoms with Crippen molar-refractivity contribution in [2.24, 2.45) is 17.6 Å². The Labute approximate surface area is 401 Å². The van der Waals surface area contributed by atoms with Gasteiger partial charge in [-0.2, -0.15) is 0 Å². The highest BCUT2D eigenvalue weighted by atomic mass is 79.9. The van der Waals surface area contributed by atoms with Crippen molar-refractivity contribution in [2.75, 3.05) is 14.2 Å². The number of esters is 2. The van der Waals surface area contributed by atoms with Gasteiger partial charge in [0.15, 0.2) is 5.78 Å². The molecule has 0 spiro atoms. The number of ketones is 1. The van der Waals surface area contributed by atoms with Gasteiger partial charge in [-0.3, -0.25) is 4.79 Å². The van der Waals surface area contributed by atoms with Gasteiger partial charge >= 0.3 is 11.9 Å². The number of Topliss-reactive ketones (excluding diaryl/α,β-unsaturated/α-hetero) is 1. The van der Waals surface area contributed by atoms with Crippen LogP contribution in [0.25, 0.3) is 21.8 Å². The Morgan fingerprint density at radius 1 is 0.729 bits per heavy atom. The molecule has 0 aliphatic heterocycles. The molecule has 16 heteroatoms. The van der Waals surface area contributed by atoms with E-state index in [1.807, 2.05) is 24.3 Å². The summed E-state index contributed by atoms with van der Waals surface area (Å²) in [6.07, 6.45) is 1.70. The predicted octanol–water partition coefficient (Wildman–Crippen LogP) is 15.0. The van der Waals surface area contributed by atoms with Crippen LogP contribution in [-0.2, 0) is 15.9 Å². The summed E-state index contributed by atoms with van der Waals surface area (Å²) in [5.74, 6) is 0.182. The van der Waals surface area contributed by atoms with Gasteiger partial charge in [-0.15, -0.1) is 11.3 Å². The van der Waals surface area contributed by atoms with Crippen molar-refractivity contribution in [1.29, 1.82) is 0 Å². The highest BCUT2D eigenvalue weighted by Gasteiger charge is 2.20. The average Bonchev–Trinajstić information content (AvgIpc) is 3.59. The molecule has 0 fully saturated rings. The van der Waals surface area contributed by atoms with Crippen LogP contribution >= 0.6 is 118 Å². The van der Waals surface area contributed by atoms with Crippen LogP contribution in [0.15, 0.2) is 81.7 Å². The van der Waals surface area contributed by atoms with Crippen LogP contribution in [0.1, 0.15) is 83.1 Å². The van der Waals surface area contributed by atoms with Crippen molar-refractivity contribution in [3.8, 4) is 21.8 Å². The Morgan fingerprint density at radius 2 is 1.24 bits per heavy atom. The Hall–Kier alpha value is -2.39. The zero-order valence-electron chi connectivity index (χ0n) is 32.1. The molecule has 0 aliphatic rings. The van der Waals surface area contributed by atoms with Crippen molar-refractivity contribution < 1.29 is 23.9 Å². The summed E-state index contributed by atoms with van der Waals surface area (Å²) in [5.41, 5.74) is 10.3. The smallest absolute Gasteiger partial charge is 0.339 e. The molecular formula is C43H43Br3Cl4N2O5S2. The Bertz CT molecular complexity index is 2290. The monoisotopic (exact) mass is 1110 g/mol. The molecule has 0 bridgehead atoms. The van der Waals surface area contributed by atoms with Crippen LogP contribution < -0.4 is 5.73 Å². The van der Waals surface area contributed by atoms with Crippen LogP contribution in [0.5, 0.6) is 0 Å². The molecule has 1 unspecified atom stereocenters. The van der Waals surface area contributed by atoms with Crippen molar-refractivity contribution in [2.45, 2.75) is 52.8 Å². The topological polar surface area (TPSA) is 109 Å². The van der Waals surface area contributed by atoms with Crippen molar-refractivity contribution in [3.63, 3.8) is 0 Å². The number of thiocarbonyl (C=S) groups is 1. The van der Waals surface area contributed by atoms with E-state index in [2.05, 4.69) is 80.2 Å². The number of alkyl halides is 1. The average molecular weight is 1110 g/mol. The highest BCUT2D eigenvalue weighted by molar-refractivity contribution is 9.11. The first kappa shape index (κ1) is 52.7. The van der Waals surface area contributed by atoms with Gasteiger partial charge in [0.1, 0.15) is 10.00 Å². The molecule has 7 nitrogen and oxygen atoms in total. The molecule has 0 saturated heterocycles. The van der Waals surface area contributed by atoms with Crippen LogP contribution in [0.4, 0.5) is 0 Å². The third kappa shape index (κ3) is 15.5. The molecule has 316 valence electrons. The van der Waals surface area contributed by atoms with Crippen molar-refractivity contribution in [3.05, 3.63) is 129 Å². The summed E-state index contributed by atoms with van der Waals surface area (Å²) in [5, 5.41) is 2.74. The number of carbonyl (C=O) groups excluding carboxylic acids is 3. The lowest BCUT2D eigenvalue weighted by atomic mass is 10.0. The number of methoxy groups -OCH3 is 2. The normalized spacial score (nSPS) is 11.0. The second-order valence-corrected chi connectivity index (χ2v) is 19.3. The van der Waals surface area contributed by atoms with E-state index in [1.54, 1.807) is 59.9 Å². The number of aromatic nitrogens is 1. The fraction of sp³-hybridized carbons (Fsp3) is 0.279. The summed E-state index contributed by atoms with van der Waals surface area (Å²) in [6, 6.07) is 21.1. The highest BCUT2D eigenvalue weighted by Crippen LogP contribution is 2.38. The van der Waals surface area contributed by atoms with Gasteiger partial charge in [-0.1, -0.05) is 128 Å². The molecule has 1 heterocycles. The fourth-order valence-electron chi connectivity index (χ4n) is 5.07. The lowest BCUT2D eigenvalue weighted by Crippen LogP contribution is -2.16. The predicted molar refractivity (Wildman–Crippen MR) is 262 cm³/mol. The molecule has 5 rings (SSSR count). The quantitative estimate of drug-likeness (QED) is 0.0603. The van der Waals surface area contributed by atoms with Crippen molar-refractivity contribution in [1.82, 2.24) is 4.98 Å². The maximum atomic E-state index is 12.0. The molecule has 0 aliphatic carbocycles. The van der Waals surface area contributed by atoms with E-state index >= 15 is 0 Å². The number of nitrogens with zero attached hydrogens (tertiary/aromatic N) is 1. The van der Waals surface area contributed by atoms with Crippen LogP contribution in [0, 0.1) is 11.8 Å². The molecule has 1 atom stereocenters. The lowest BCUT2D eigenvalue weighted by Gasteiger charge is -2.11. The number of hydrogen-bond acceptors (Lipinski definition) is 8. The number of benzene rings is 4. The van der Waals surface area contributed by atoms with Gasteiger partial charge in [-0.25, -0.2) is 14.6 Å². The summed E-state index contributed by atoms with van der Waals surface area (Å²) in [6.45, 7) is 8.51. The van der Waals surface area contributed by atoms with E-state index in [-0.39, 0.29) is 23.0 Å². The number of halogens is 7. The standard InChI is InChI=1S/C21H18BrCl2NO2S.C12H13BrCl2O.C9H8BrNO2S.CH4/c1-11(2)8-18-19(12-5-7-16(23)17(24)10-12)25-20(28-18)13-4-6-15(22)14(9-13)21(26)27-3;1-7(2)5-9(13)12(16)8-3-4-10(14)11(15)6-8;1-13-9(12)6-4-5(8(11)14)2-3-7(6)10;/h4-7,9-11H,8H2,1-3H3;3-4,6-7,9H,5H2,1-2H3;2-4H,1H3,(H2,11,14);1H4. The number of thiazole rings is 1. The SMILES string of the molecule is C.CC(C)CC(Br)C(=O)c1ccc(Cl)c(Cl)c1.COC(=O)c1cc(-c2nc(-c3ccc(Cl)c(Cl)c3)c(CC(C)C)s2)ccc1Br.COC(=O)c1cc(C(N)=S)ccc1Br. The number of ether oxygens (including phenoxy) is 2. The largest absolute Gasteiger partial charge is 0.465 e. The molecule has 1 aromatic heterocycles. The van der Waals surface area contributed by atoms with E-state index in [0.29, 0.717) is 63.1 Å². The number of carbonyl (C=O) groups is 3. The summed E-state index contributed by atoms with van der Waals surface area (Å²) in [7, 11) is 2.69. The second kappa shape index (κ2) is 24.9. The minimum Gasteiger partial charge on any atom is -0.465 e. The van der Waals surface area contributed by atoms with E-state index in [4.69, 9.17) is 74.1 Å². The molecule has 5 aromatic rings. The minimum atomic E-state index is -0.421. The first-order valence-corrected chi connectivity index (χ1v) is 22.7. The zero-order chi connectivity index (χ0) is 43.4. The molecule has 4 aromatic carbocycles. The molecule has 0 amide bonds. The van der Waals surface area contributed by atoms with Gasteiger partial charge in [-0.05, 0) is 111 Å². The van der Waals surface area contributed by atoms with Crippen LogP contribution in [0.3, 0.4) is 0 Å². The third-order valence-electron chi connectivity index (χ3n) is 7.93. The summed E-state index contributed by atoms with van der Waals surface area (Å²) < 4.78 is 10.8. The first-order chi connectivity index (χ1) is 27.3. The summed E-state index contributed by atoms with van der Waals surface area (Å²) in [4.78, 5) is 41.4. The molecule has 0 saturated carbocycles. The lowest BCUT2D eigenvalue weighted by molar-refractivity contribution is 0.0591. The van der Waals surface area contributed by atoms with Gasteiger partial charge in [0.05, 0.1) is 56.0 Å². The van der Waals surface area contributed by atoms with E-state index in [0.717, 1.165) is 34.7 Å². The van der Waals surface area contributed by atoms with Gasteiger partial charge in [0, 0.05) is 36.1 Å². The van der Waals surface area contributed by atoms with E-state index < -0.39 is 11.9 Å². The number of nitrogens with two attached hydrogens (primary N) is 1. The van der Waals surface area contributed by atoms with Crippen molar-refractivity contribution >= 4 is 140 Å². The van der Waals surface area contributed by atoms with Crippen LogP contribution in [-0.4, -0.2) is 46.7 Å². The number of rotatable bonds is 11. The Morgan fingerprint density at radius 3 is 1.75 bits per heavy atom. The van der Waals surface area contributed by atoms with Gasteiger partial charge in [0.2, 0.25) is 0 Å². The van der Waals surface area contributed by atoms with Crippen LogP contribution in [0.2, 0.25) is 20.1 Å². The maximum Gasteiger partial charge on any atom is 0.339 e. The fourth-order valence-corrected chi connectivity index (χ4v) is 8.92. The number of hydrogen-bond donors (Lipinski definition) is 1. The molecule has 0 radical (unpaired) electrons. The van der Waals surface area contributed by atoms with Gasteiger partial charge < -0.3 is 15.2 Å². The summed E-state index contributed by atoms with van der Waals surface area (Å²) >= 11 is 40.4.